The summed E-state index contributed by atoms with van der Waals surface area (Å²) in [7, 11) is 0. The molecule has 4 nitrogen and oxygen atoms in total. The van der Waals surface area contributed by atoms with E-state index in [1.807, 2.05) is 0 Å². The number of nitriles is 1. The van der Waals surface area contributed by atoms with Gasteiger partial charge in [-0.3, -0.25) is 4.79 Å². The van der Waals surface area contributed by atoms with Crippen molar-refractivity contribution in [2.24, 2.45) is 0 Å². The highest BCUT2D eigenvalue weighted by Crippen LogP contribution is 2.03. The van der Waals surface area contributed by atoms with Gasteiger partial charge < -0.3 is 10.1 Å². The van der Waals surface area contributed by atoms with Crippen LogP contribution >= 0.6 is 0 Å². The highest BCUT2D eigenvalue weighted by atomic mass is 16.3. The largest absolute Gasteiger partial charge is 0.392 e. The van der Waals surface area contributed by atoms with Gasteiger partial charge in [0.05, 0.1) is 6.61 Å². The fourth-order valence-corrected chi connectivity index (χ4v) is 1.00. The SMILES string of the molecule is Cc1cc(CO)c(C#N)c(=O)[nH]1. The fraction of sp³-hybridized carbons (Fsp3) is 0.250. The molecule has 0 aromatic carbocycles. The first-order valence-electron chi connectivity index (χ1n) is 3.42. The van der Waals surface area contributed by atoms with Crippen molar-refractivity contribution in [3.63, 3.8) is 0 Å². The van der Waals surface area contributed by atoms with Crippen LogP contribution in [-0.4, -0.2) is 10.1 Å². The van der Waals surface area contributed by atoms with E-state index in [1.54, 1.807) is 19.1 Å². The smallest absolute Gasteiger partial charge is 0.266 e. The maximum absolute atomic E-state index is 11.1. The lowest BCUT2D eigenvalue weighted by atomic mass is 10.1. The standard InChI is InChI=1S/C8H8N2O2/c1-5-2-6(4-11)7(3-9)8(12)10-5/h2,11H,4H2,1H3,(H,10,12). The minimum atomic E-state index is -0.443. The van der Waals surface area contributed by atoms with Crippen molar-refractivity contribution >= 4 is 0 Å². The zero-order chi connectivity index (χ0) is 9.14. The second-order valence-electron chi connectivity index (χ2n) is 2.45. The Morgan fingerprint density at radius 1 is 1.75 bits per heavy atom. The molecule has 62 valence electrons. The van der Waals surface area contributed by atoms with Crippen molar-refractivity contribution in [1.82, 2.24) is 4.98 Å². The topological polar surface area (TPSA) is 76.9 Å². The fourth-order valence-electron chi connectivity index (χ4n) is 1.00. The zero-order valence-electron chi connectivity index (χ0n) is 6.59. The number of hydrogen-bond acceptors (Lipinski definition) is 3. The number of aliphatic hydroxyl groups excluding tert-OH is 1. The second kappa shape index (κ2) is 3.20. The molecule has 1 aromatic rings. The number of aryl methyl sites for hydroxylation is 1. The molecule has 0 aliphatic rings. The summed E-state index contributed by atoms with van der Waals surface area (Å²) >= 11 is 0. The maximum Gasteiger partial charge on any atom is 0.266 e. The molecule has 1 aromatic heterocycles. The lowest BCUT2D eigenvalue weighted by Gasteiger charge is -1.99. The van der Waals surface area contributed by atoms with E-state index in [2.05, 4.69) is 4.98 Å². The predicted octanol–water partition coefficient (Wildman–Crippen LogP) is 0.0473. The highest BCUT2D eigenvalue weighted by Gasteiger charge is 2.05. The van der Waals surface area contributed by atoms with Gasteiger partial charge in [-0.15, -0.1) is 0 Å². The second-order valence-corrected chi connectivity index (χ2v) is 2.45. The monoisotopic (exact) mass is 164 g/mol. The van der Waals surface area contributed by atoms with Crippen LogP contribution in [0.15, 0.2) is 10.9 Å². The molecule has 0 unspecified atom stereocenters. The van der Waals surface area contributed by atoms with Crippen LogP contribution in [0.25, 0.3) is 0 Å². The Morgan fingerprint density at radius 2 is 2.42 bits per heavy atom. The Kier molecular flexibility index (Phi) is 2.26. The van der Waals surface area contributed by atoms with Crippen molar-refractivity contribution in [1.29, 1.82) is 5.26 Å². The molecule has 4 heteroatoms. The van der Waals surface area contributed by atoms with Crippen LogP contribution in [0.1, 0.15) is 16.8 Å². The summed E-state index contributed by atoms with van der Waals surface area (Å²) in [6.07, 6.45) is 0. The number of pyridine rings is 1. The molecule has 0 atom stereocenters. The highest BCUT2D eigenvalue weighted by molar-refractivity contribution is 5.35. The van der Waals surface area contributed by atoms with Crippen molar-refractivity contribution in [2.75, 3.05) is 0 Å². The number of aromatic nitrogens is 1. The van der Waals surface area contributed by atoms with Crippen LogP contribution in [-0.2, 0) is 6.61 Å². The summed E-state index contributed by atoms with van der Waals surface area (Å²) in [6.45, 7) is 1.41. The molecular formula is C8H8N2O2. The van der Waals surface area contributed by atoms with Gasteiger partial charge in [-0.1, -0.05) is 0 Å². The Bertz CT molecular complexity index is 387. The lowest BCUT2D eigenvalue weighted by Crippen LogP contribution is -2.14. The van der Waals surface area contributed by atoms with Crippen molar-refractivity contribution in [2.45, 2.75) is 13.5 Å². The Hall–Kier alpha value is -1.60. The third kappa shape index (κ3) is 1.36. The van der Waals surface area contributed by atoms with Crippen molar-refractivity contribution in [3.8, 4) is 6.07 Å². The summed E-state index contributed by atoms with van der Waals surface area (Å²) in [5, 5.41) is 17.3. The number of hydrogen-bond donors (Lipinski definition) is 2. The Balaban J connectivity index is 3.47. The quantitative estimate of drug-likeness (QED) is 0.615. The van der Waals surface area contributed by atoms with Gasteiger partial charge in [-0.25, -0.2) is 0 Å². The molecule has 0 fully saturated rings. The number of nitrogens with one attached hydrogen (secondary N) is 1. The van der Waals surface area contributed by atoms with E-state index in [1.165, 1.54) is 0 Å². The van der Waals surface area contributed by atoms with Gasteiger partial charge in [-0.2, -0.15) is 5.26 Å². The first kappa shape index (κ1) is 8.50. The molecule has 12 heavy (non-hydrogen) atoms. The van der Waals surface area contributed by atoms with Gasteiger partial charge in [0.25, 0.3) is 5.56 Å². The molecule has 1 heterocycles. The summed E-state index contributed by atoms with van der Waals surface area (Å²) in [5.74, 6) is 0. The number of aliphatic hydroxyl groups is 1. The molecule has 0 aliphatic heterocycles. The summed E-state index contributed by atoms with van der Waals surface area (Å²) in [5.41, 5.74) is 0.562. The average molecular weight is 164 g/mol. The lowest BCUT2D eigenvalue weighted by molar-refractivity contribution is 0.281. The van der Waals surface area contributed by atoms with E-state index < -0.39 is 5.56 Å². The van der Waals surface area contributed by atoms with Gasteiger partial charge in [-0.05, 0) is 13.0 Å². The number of rotatable bonds is 1. The van der Waals surface area contributed by atoms with E-state index in [0.717, 1.165) is 0 Å². The Labute approximate surface area is 69.1 Å². The van der Waals surface area contributed by atoms with Crippen LogP contribution in [0.2, 0.25) is 0 Å². The predicted molar refractivity (Wildman–Crippen MR) is 42.4 cm³/mol. The zero-order valence-corrected chi connectivity index (χ0v) is 6.59. The molecule has 0 amide bonds. The van der Waals surface area contributed by atoms with Gasteiger partial charge in [0.2, 0.25) is 0 Å². The first-order chi connectivity index (χ1) is 5.69. The minimum Gasteiger partial charge on any atom is -0.392 e. The van der Waals surface area contributed by atoms with Crippen LogP contribution in [0, 0.1) is 18.3 Å². The van der Waals surface area contributed by atoms with Gasteiger partial charge in [0.1, 0.15) is 11.6 Å². The number of nitrogens with zero attached hydrogens (tertiary/aromatic N) is 1. The van der Waals surface area contributed by atoms with E-state index >= 15 is 0 Å². The van der Waals surface area contributed by atoms with Crippen LogP contribution < -0.4 is 5.56 Å². The molecule has 0 saturated carbocycles. The van der Waals surface area contributed by atoms with Gasteiger partial charge in [0.15, 0.2) is 0 Å². The van der Waals surface area contributed by atoms with Crippen LogP contribution in [0.4, 0.5) is 0 Å². The normalized spacial score (nSPS) is 9.42. The number of aromatic amines is 1. The average Bonchev–Trinajstić information content (AvgIpc) is 2.03. The van der Waals surface area contributed by atoms with Gasteiger partial charge >= 0.3 is 0 Å². The van der Waals surface area contributed by atoms with E-state index in [0.29, 0.717) is 11.3 Å². The summed E-state index contributed by atoms with van der Waals surface area (Å²) in [6, 6.07) is 3.32. The molecule has 0 saturated heterocycles. The van der Waals surface area contributed by atoms with Crippen LogP contribution in [0.5, 0.6) is 0 Å². The minimum absolute atomic E-state index is 0.0110. The Morgan fingerprint density at radius 3 is 2.92 bits per heavy atom. The molecule has 0 aliphatic carbocycles. The van der Waals surface area contributed by atoms with Crippen LogP contribution in [0.3, 0.4) is 0 Å². The third-order valence-electron chi connectivity index (χ3n) is 1.53. The summed E-state index contributed by atoms with van der Waals surface area (Å²) < 4.78 is 0. The molecule has 1 rings (SSSR count). The molecule has 0 radical (unpaired) electrons. The molecule has 2 N–H and O–H groups in total. The molecule has 0 bridgehead atoms. The summed E-state index contributed by atoms with van der Waals surface area (Å²) in [4.78, 5) is 13.5. The molecule has 0 spiro atoms. The van der Waals surface area contributed by atoms with Gasteiger partial charge in [0, 0.05) is 11.3 Å². The van der Waals surface area contributed by atoms with E-state index in [9.17, 15) is 4.79 Å². The van der Waals surface area contributed by atoms with E-state index in [-0.39, 0.29) is 12.2 Å². The maximum atomic E-state index is 11.1. The first-order valence-corrected chi connectivity index (χ1v) is 3.42. The van der Waals surface area contributed by atoms with Crippen molar-refractivity contribution < 1.29 is 5.11 Å². The number of H-pyrrole nitrogens is 1. The van der Waals surface area contributed by atoms with E-state index in [4.69, 9.17) is 10.4 Å². The van der Waals surface area contributed by atoms with Crippen molar-refractivity contribution in [3.05, 3.63) is 33.2 Å². The third-order valence-corrected chi connectivity index (χ3v) is 1.53. The molecular weight excluding hydrogens is 156 g/mol.